The highest BCUT2D eigenvalue weighted by Gasteiger charge is 2.14. The Morgan fingerprint density at radius 3 is 2.60 bits per heavy atom. The molecule has 2 aromatic carbocycles. The molecule has 0 aliphatic carbocycles. The Kier molecular flexibility index (Phi) is 4.42. The molecule has 8 nitrogen and oxygen atoms in total. The van der Waals surface area contributed by atoms with E-state index in [9.17, 15) is 14.9 Å². The first-order chi connectivity index (χ1) is 12.0. The van der Waals surface area contributed by atoms with Crippen LogP contribution in [0.1, 0.15) is 5.56 Å². The fourth-order valence-electron chi connectivity index (χ4n) is 2.50. The van der Waals surface area contributed by atoms with Crippen molar-refractivity contribution in [2.24, 2.45) is 5.73 Å². The third-order valence-electron chi connectivity index (χ3n) is 3.65. The standard InChI is InChI=1S/C17H15N5O3/c18-17(23)21-12-5-3-11(4-6-12)10-20-14-7-8-15(22(24)25)13-2-1-9-19-16(13)14/h1-9,20H,10H2,(H3,18,21,23). The smallest absolute Gasteiger partial charge is 0.316 e. The normalized spacial score (nSPS) is 10.4. The number of benzene rings is 2. The van der Waals surface area contributed by atoms with E-state index in [4.69, 9.17) is 5.73 Å². The molecule has 126 valence electrons. The Bertz CT molecular complexity index is 941. The molecule has 0 atom stereocenters. The molecule has 1 aromatic heterocycles. The van der Waals surface area contributed by atoms with E-state index in [1.165, 1.54) is 6.07 Å². The molecule has 25 heavy (non-hydrogen) atoms. The second-order valence-electron chi connectivity index (χ2n) is 5.33. The van der Waals surface area contributed by atoms with Crippen molar-refractivity contribution in [2.45, 2.75) is 6.54 Å². The molecule has 0 radical (unpaired) electrons. The third-order valence-corrected chi connectivity index (χ3v) is 3.65. The van der Waals surface area contributed by atoms with Crippen molar-refractivity contribution in [2.75, 3.05) is 10.6 Å². The van der Waals surface area contributed by atoms with E-state index >= 15 is 0 Å². The number of non-ortho nitro benzene ring substituents is 1. The number of carbonyl (C=O) groups excluding carboxylic acids is 1. The molecule has 2 amide bonds. The van der Waals surface area contributed by atoms with Gasteiger partial charge >= 0.3 is 6.03 Å². The molecule has 3 aromatic rings. The highest BCUT2D eigenvalue weighted by molar-refractivity contribution is 5.96. The summed E-state index contributed by atoms with van der Waals surface area (Å²) in [5.41, 5.74) is 7.92. The van der Waals surface area contributed by atoms with Crippen LogP contribution in [0.25, 0.3) is 10.9 Å². The van der Waals surface area contributed by atoms with Crippen molar-refractivity contribution < 1.29 is 9.72 Å². The number of carbonyl (C=O) groups is 1. The highest BCUT2D eigenvalue weighted by atomic mass is 16.6. The Labute approximate surface area is 142 Å². The van der Waals surface area contributed by atoms with E-state index in [-0.39, 0.29) is 5.69 Å². The molecule has 0 saturated heterocycles. The number of pyridine rings is 1. The first-order valence-corrected chi connectivity index (χ1v) is 7.46. The number of primary amides is 1. The van der Waals surface area contributed by atoms with Crippen LogP contribution < -0.4 is 16.4 Å². The average Bonchev–Trinajstić information content (AvgIpc) is 2.60. The lowest BCUT2D eigenvalue weighted by atomic mass is 10.1. The summed E-state index contributed by atoms with van der Waals surface area (Å²) in [4.78, 5) is 25.8. The van der Waals surface area contributed by atoms with Crippen molar-refractivity contribution in [3.8, 4) is 0 Å². The number of urea groups is 1. The summed E-state index contributed by atoms with van der Waals surface area (Å²) in [5, 5.41) is 17.3. The van der Waals surface area contributed by atoms with Gasteiger partial charge in [-0.15, -0.1) is 0 Å². The third kappa shape index (κ3) is 3.63. The maximum Gasteiger partial charge on any atom is 0.316 e. The summed E-state index contributed by atoms with van der Waals surface area (Å²) in [6.45, 7) is 0.500. The second kappa shape index (κ2) is 6.83. The summed E-state index contributed by atoms with van der Waals surface area (Å²) in [6, 6.07) is 13.0. The zero-order valence-corrected chi connectivity index (χ0v) is 13.1. The Hall–Kier alpha value is -3.68. The number of fused-ring (bicyclic) bond motifs is 1. The van der Waals surface area contributed by atoms with Gasteiger partial charge < -0.3 is 16.4 Å². The van der Waals surface area contributed by atoms with Crippen LogP contribution in [0.2, 0.25) is 0 Å². The summed E-state index contributed by atoms with van der Waals surface area (Å²) in [5.74, 6) is 0. The summed E-state index contributed by atoms with van der Waals surface area (Å²) < 4.78 is 0. The van der Waals surface area contributed by atoms with Crippen molar-refractivity contribution in [1.82, 2.24) is 4.98 Å². The molecular weight excluding hydrogens is 322 g/mol. The largest absolute Gasteiger partial charge is 0.379 e. The Balaban J connectivity index is 1.81. The molecule has 3 rings (SSSR count). The predicted molar refractivity (Wildman–Crippen MR) is 95.4 cm³/mol. The number of nitrogens with one attached hydrogen (secondary N) is 2. The summed E-state index contributed by atoms with van der Waals surface area (Å²) >= 11 is 0. The first-order valence-electron chi connectivity index (χ1n) is 7.46. The summed E-state index contributed by atoms with van der Waals surface area (Å²) in [6.07, 6.45) is 1.60. The van der Waals surface area contributed by atoms with E-state index in [1.807, 2.05) is 12.1 Å². The lowest BCUT2D eigenvalue weighted by Crippen LogP contribution is -2.19. The van der Waals surface area contributed by atoms with Gasteiger partial charge in [0.05, 0.1) is 16.0 Å². The lowest BCUT2D eigenvalue weighted by molar-refractivity contribution is -0.383. The molecule has 0 fully saturated rings. The predicted octanol–water partition coefficient (Wildman–Crippen LogP) is 3.25. The number of nitro groups is 1. The molecule has 0 spiro atoms. The minimum absolute atomic E-state index is 0.0236. The molecule has 0 aliphatic heterocycles. The number of nitrogens with zero attached hydrogens (tertiary/aromatic N) is 2. The zero-order chi connectivity index (χ0) is 17.8. The van der Waals surface area contributed by atoms with Crippen LogP contribution in [0.15, 0.2) is 54.7 Å². The molecule has 4 N–H and O–H groups in total. The maximum atomic E-state index is 11.1. The quantitative estimate of drug-likeness (QED) is 0.487. The molecule has 8 heteroatoms. The second-order valence-corrected chi connectivity index (χ2v) is 5.33. The van der Waals surface area contributed by atoms with E-state index in [0.717, 1.165) is 5.56 Å². The molecule has 0 unspecified atom stereocenters. The average molecular weight is 337 g/mol. The molecule has 0 bridgehead atoms. The monoisotopic (exact) mass is 337 g/mol. The van der Waals surface area contributed by atoms with Gasteiger partial charge in [-0.25, -0.2) is 4.79 Å². The first kappa shape index (κ1) is 16.2. The number of rotatable bonds is 5. The number of nitro benzene ring substituents is 1. The minimum atomic E-state index is -0.616. The number of anilines is 2. The van der Waals surface area contributed by atoms with Crippen LogP contribution in [-0.4, -0.2) is 15.9 Å². The Morgan fingerprint density at radius 2 is 1.92 bits per heavy atom. The van der Waals surface area contributed by atoms with Crippen LogP contribution in [0.5, 0.6) is 0 Å². The van der Waals surface area contributed by atoms with Gasteiger partial charge in [-0.05, 0) is 35.9 Å². The topological polar surface area (TPSA) is 123 Å². The van der Waals surface area contributed by atoms with Gasteiger partial charge in [0, 0.05) is 24.5 Å². The molecule has 0 saturated carbocycles. The highest BCUT2D eigenvalue weighted by Crippen LogP contribution is 2.30. The number of amides is 2. The number of aromatic nitrogens is 1. The van der Waals surface area contributed by atoms with Crippen LogP contribution >= 0.6 is 0 Å². The van der Waals surface area contributed by atoms with E-state index < -0.39 is 11.0 Å². The fraction of sp³-hybridized carbons (Fsp3) is 0.0588. The van der Waals surface area contributed by atoms with Gasteiger partial charge in [-0.3, -0.25) is 15.1 Å². The van der Waals surface area contributed by atoms with Gasteiger partial charge in [0.2, 0.25) is 0 Å². The number of hydrogen-bond acceptors (Lipinski definition) is 5. The van der Waals surface area contributed by atoms with Crippen molar-refractivity contribution in [3.63, 3.8) is 0 Å². The van der Waals surface area contributed by atoms with Crippen molar-refractivity contribution >= 4 is 34.0 Å². The van der Waals surface area contributed by atoms with Gasteiger partial charge in [-0.1, -0.05) is 12.1 Å². The molecule has 0 aliphatic rings. The molecule has 1 heterocycles. The zero-order valence-electron chi connectivity index (χ0n) is 13.1. The fourth-order valence-corrected chi connectivity index (χ4v) is 2.50. The van der Waals surface area contributed by atoms with Crippen molar-refractivity contribution in [3.05, 3.63) is 70.4 Å². The van der Waals surface area contributed by atoms with Crippen molar-refractivity contribution in [1.29, 1.82) is 0 Å². The van der Waals surface area contributed by atoms with Gasteiger partial charge in [0.1, 0.15) is 5.52 Å². The van der Waals surface area contributed by atoms with Crippen LogP contribution in [0.4, 0.5) is 21.9 Å². The van der Waals surface area contributed by atoms with Gasteiger partial charge in [-0.2, -0.15) is 0 Å². The van der Waals surface area contributed by atoms with Gasteiger partial charge in [0.15, 0.2) is 0 Å². The number of hydrogen-bond donors (Lipinski definition) is 3. The number of nitrogens with two attached hydrogens (primary N) is 1. The van der Waals surface area contributed by atoms with Crippen LogP contribution in [-0.2, 0) is 6.54 Å². The Morgan fingerprint density at radius 1 is 1.16 bits per heavy atom. The summed E-state index contributed by atoms with van der Waals surface area (Å²) in [7, 11) is 0. The van der Waals surface area contributed by atoms with Gasteiger partial charge in [0.25, 0.3) is 5.69 Å². The minimum Gasteiger partial charge on any atom is -0.379 e. The maximum absolute atomic E-state index is 11.1. The van der Waals surface area contributed by atoms with Crippen LogP contribution in [0, 0.1) is 10.1 Å². The lowest BCUT2D eigenvalue weighted by Gasteiger charge is -2.10. The molecular formula is C17H15N5O3. The van der Waals surface area contributed by atoms with E-state index in [0.29, 0.717) is 28.8 Å². The van der Waals surface area contributed by atoms with E-state index in [1.54, 1.807) is 36.5 Å². The SMILES string of the molecule is NC(=O)Nc1ccc(CNc2ccc([N+](=O)[O-])c3cccnc23)cc1. The van der Waals surface area contributed by atoms with E-state index in [2.05, 4.69) is 15.6 Å². The van der Waals surface area contributed by atoms with Crippen LogP contribution in [0.3, 0.4) is 0 Å².